The van der Waals surface area contributed by atoms with Crippen molar-refractivity contribution in [2.45, 2.75) is 42.3 Å². The molecule has 1 aliphatic carbocycles. The van der Waals surface area contributed by atoms with Gasteiger partial charge in [-0.1, -0.05) is 22.6 Å². The molecule has 3 atom stereocenters. The molecular weight excluding hydrogens is 281 g/mol. The Bertz CT molecular complexity index is 222. The first kappa shape index (κ1) is 9.55. The fourth-order valence-corrected chi connectivity index (χ4v) is 3.11. The number of carbonyl (C=O) groups excluding carboxylic acids is 1. The quantitative estimate of drug-likeness (QED) is 0.548. The third-order valence-corrected chi connectivity index (χ3v) is 4.05. The molecule has 13 heavy (non-hydrogen) atoms. The molecule has 3 nitrogen and oxygen atoms in total. The van der Waals surface area contributed by atoms with E-state index in [1.54, 1.807) is 0 Å². The Morgan fingerprint density at radius 1 is 1.62 bits per heavy atom. The third kappa shape index (κ3) is 1.65. The minimum atomic E-state index is -0.108. The van der Waals surface area contributed by atoms with Crippen molar-refractivity contribution in [3.63, 3.8) is 0 Å². The monoisotopic (exact) mass is 295 g/mol. The van der Waals surface area contributed by atoms with Crippen molar-refractivity contribution >= 4 is 28.7 Å². The smallest absolute Gasteiger partial charge is 0.410 e. The molecule has 1 unspecified atom stereocenters. The van der Waals surface area contributed by atoms with Gasteiger partial charge in [0.1, 0.15) is 6.10 Å². The molecule has 0 aromatic heterocycles. The molecule has 0 N–H and O–H groups in total. The van der Waals surface area contributed by atoms with E-state index in [2.05, 4.69) is 22.6 Å². The van der Waals surface area contributed by atoms with E-state index in [-0.39, 0.29) is 12.2 Å². The number of fused-ring (bicyclic) bond motifs is 1. The van der Waals surface area contributed by atoms with E-state index in [1.807, 2.05) is 11.8 Å². The molecule has 0 aromatic rings. The average molecular weight is 295 g/mol. The Kier molecular flexibility index (Phi) is 2.67. The van der Waals surface area contributed by atoms with E-state index in [9.17, 15) is 4.79 Å². The zero-order valence-electron chi connectivity index (χ0n) is 7.70. The van der Waals surface area contributed by atoms with Gasteiger partial charge in [0.15, 0.2) is 0 Å². The van der Waals surface area contributed by atoms with Crippen LogP contribution in [0.4, 0.5) is 4.79 Å². The predicted octanol–water partition coefficient (Wildman–Crippen LogP) is 2.18. The summed E-state index contributed by atoms with van der Waals surface area (Å²) in [5.74, 6) is 0. The lowest BCUT2D eigenvalue weighted by Gasteiger charge is -2.30. The number of carbonyl (C=O) groups is 1. The minimum absolute atomic E-state index is 0.108. The number of hydrogen-bond acceptors (Lipinski definition) is 2. The van der Waals surface area contributed by atoms with Gasteiger partial charge in [0, 0.05) is 10.5 Å². The predicted molar refractivity (Wildman–Crippen MR) is 58.1 cm³/mol. The summed E-state index contributed by atoms with van der Waals surface area (Å²) in [5, 5.41) is 0. The number of likely N-dealkylation sites (N-methyl/N-ethyl adjacent to an activating group) is 1. The Labute approximate surface area is 91.9 Å². The van der Waals surface area contributed by atoms with E-state index in [0.29, 0.717) is 9.97 Å². The molecule has 0 spiro atoms. The maximum Gasteiger partial charge on any atom is 0.410 e. The second kappa shape index (κ2) is 3.63. The van der Waals surface area contributed by atoms with Crippen LogP contribution in [0.3, 0.4) is 0 Å². The van der Waals surface area contributed by atoms with Gasteiger partial charge >= 0.3 is 6.09 Å². The van der Waals surface area contributed by atoms with E-state index >= 15 is 0 Å². The van der Waals surface area contributed by atoms with Crippen LogP contribution in [0.25, 0.3) is 0 Å². The normalized spacial score (nSPS) is 38.8. The Balaban J connectivity index is 2.10. The van der Waals surface area contributed by atoms with Crippen molar-refractivity contribution in [1.82, 2.24) is 4.90 Å². The number of hydrogen-bond donors (Lipinski definition) is 0. The molecular formula is C9H14INO2. The highest BCUT2D eigenvalue weighted by Crippen LogP contribution is 2.34. The Morgan fingerprint density at radius 2 is 2.38 bits per heavy atom. The summed E-state index contributed by atoms with van der Waals surface area (Å²) in [6, 6.07) is 0.355. The molecule has 2 aliphatic rings. The van der Waals surface area contributed by atoms with Crippen LogP contribution in [0.1, 0.15) is 26.2 Å². The van der Waals surface area contributed by atoms with Gasteiger partial charge in [-0.2, -0.15) is 0 Å². The van der Waals surface area contributed by atoms with Crippen LogP contribution in [0, 0.1) is 0 Å². The van der Waals surface area contributed by atoms with Crippen LogP contribution >= 0.6 is 22.6 Å². The van der Waals surface area contributed by atoms with Crippen molar-refractivity contribution in [3.05, 3.63) is 0 Å². The van der Waals surface area contributed by atoms with Gasteiger partial charge in [0.2, 0.25) is 0 Å². The molecule has 0 radical (unpaired) electrons. The first-order chi connectivity index (χ1) is 6.22. The van der Waals surface area contributed by atoms with Crippen molar-refractivity contribution in [3.8, 4) is 0 Å². The summed E-state index contributed by atoms with van der Waals surface area (Å²) >= 11 is 2.47. The Hall–Kier alpha value is 0. The summed E-state index contributed by atoms with van der Waals surface area (Å²) in [4.78, 5) is 13.3. The van der Waals surface area contributed by atoms with E-state index in [1.165, 1.54) is 6.42 Å². The molecule has 0 aromatic carbocycles. The molecule has 1 saturated carbocycles. The average Bonchev–Trinajstić information content (AvgIpc) is 2.40. The maximum absolute atomic E-state index is 11.4. The molecule has 2 fully saturated rings. The number of nitrogens with zero attached hydrogens (tertiary/aromatic N) is 1. The van der Waals surface area contributed by atoms with Crippen molar-refractivity contribution in [2.24, 2.45) is 0 Å². The number of rotatable bonds is 1. The van der Waals surface area contributed by atoms with Gasteiger partial charge < -0.3 is 9.64 Å². The minimum Gasteiger partial charge on any atom is -0.444 e. The summed E-state index contributed by atoms with van der Waals surface area (Å²) in [6.07, 6.45) is 3.40. The number of alkyl halides is 1. The fourth-order valence-electron chi connectivity index (χ4n) is 2.23. The highest BCUT2D eigenvalue weighted by molar-refractivity contribution is 14.1. The zero-order valence-corrected chi connectivity index (χ0v) is 9.86. The highest BCUT2D eigenvalue weighted by atomic mass is 127. The van der Waals surface area contributed by atoms with Crippen molar-refractivity contribution < 1.29 is 9.53 Å². The molecule has 2 rings (SSSR count). The van der Waals surface area contributed by atoms with Crippen molar-refractivity contribution in [1.29, 1.82) is 0 Å². The largest absolute Gasteiger partial charge is 0.444 e. The number of amides is 1. The number of ether oxygens (including phenoxy) is 1. The first-order valence-electron chi connectivity index (χ1n) is 4.83. The first-order valence-corrected chi connectivity index (χ1v) is 6.08. The van der Waals surface area contributed by atoms with E-state index in [0.717, 1.165) is 19.4 Å². The van der Waals surface area contributed by atoms with Crippen LogP contribution in [-0.2, 0) is 4.74 Å². The molecule has 4 heteroatoms. The zero-order chi connectivity index (χ0) is 9.42. The van der Waals surface area contributed by atoms with Gasteiger partial charge in [-0.3, -0.25) is 0 Å². The van der Waals surface area contributed by atoms with Crippen molar-refractivity contribution in [2.75, 3.05) is 6.54 Å². The summed E-state index contributed by atoms with van der Waals surface area (Å²) in [5.41, 5.74) is 0. The van der Waals surface area contributed by atoms with Crippen LogP contribution in [0.5, 0.6) is 0 Å². The standard InChI is InChI=1S/C9H14INO2/c1-2-11-7-5-6(10)3-4-8(7)13-9(11)12/h6-8H,2-5H2,1H3/t6?,7-,8+/m1/s1. The summed E-state index contributed by atoms with van der Waals surface area (Å²) in [6.45, 7) is 2.80. The second-order valence-corrected chi connectivity index (χ2v) is 5.45. The molecule has 1 heterocycles. The van der Waals surface area contributed by atoms with Crippen LogP contribution in [-0.4, -0.2) is 33.6 Å². The van der Waals surface area contributed by atoms with Gasteiger partial charge in [0.05, 0.1) is 6.04 Å². The molecule has 74 valence electrons. The van der Waals surface area contributed by atoms with E-state index in [4.69, 9.17) is 4.74 Å². The van der Waals surface area contributed by atoms with Gasteiger partial charge in [-0.05, 0) is 26.2 Å². The summed E-state index contributed by atoms with van der Waals surface area (Å²) in [7, 11) is 0. The van der Waals surface area contributed by atoms with Gasteiger partial charge in [-0.15, -0.1) is 0 Å². The lowest BCUT2D eigenvalue weighted by atomic mass is 9.92. The SMILES string of the molecule is CCN1C(=O)O[C@H]2CCC(I)C[C@H]21. The van der Waals surface area contributed by atoms with Crippen LogP contribution < -0.4 is 0 Å². The van der Waals surface area contributed by atoms with Crippen LogP contribution in [0.2, 0.25) is 0 Å². The lowest BCUT2D eigenvalue weighted by molar-refractivity contribution is 0.115. The Morgan fingerprint density at radius 3 is 3.08 bits per heavy atom. The molecule has 1 amide bonds. The number of halogens is 1. The fraction of sp³-hybridized carbons (Fsp3) is 0.889. The highest BCUT2D eigenvalue weighted by Gasteiger charge is 2.43. The lowest BCUT2D eigenvalue weighted by Crippen LogP contribution is -2.41. The van der Waals surface area contributed by atoms with Crippen LogP contribution in [0.15, 0.2) is 0 Å². The molecule has 0 bridgehead atoms. The second-order valence-electron chi connectivity index (χ2n) is 3.69. The van der Waals surface area contributed by atoms with Gasteiger partial charge in [0.25, 0.3) is 0 Å². The maximum atomic E-state index is 11.4. The topological polar surface area (TPSA) is 29.5 Å². The molecule has 1 aliphatic heterocycles. The summed E-state index contributed by atoms with van der Waals surface area (Å²) < 4.78 is 6.01. The molecule has 1 saturated heterocycles. The van der Waals surface area contributed by atoms with Gasteiger partial charge in [-0.25, -0.2) is 4.79 Å². The van der Waals surface area contributed by atoms with E-state index < -0.39 is 0 Å². The third-order valence-electron chi connectivity index (χ3n) is 2.92.